The number of hydrogen-bond donors (Lipinski definition) is 1. The second-order valence-corrected chi connectivity index (χ2v) is 7.70. The Balaban J connectivity index is 1.36. The third kappa shape index (κ3) is 3.93. The zero-order valence-corrected chi connectivity index (χ0v) is 15.9. The zero-order valence-electron chi connectivity index (χ0n) is 15.9. The number of hydrogen-bond acceptors (Lipinski definition) is 5. The maximum absolute atomic E-state index is 12.5. The van der Waals surface area contributed by atoms with Crippen molar-refractivity contribution in [3.63, 3.8) is 0 Å². The van der Waals surface area contributed by atoms with Gasteiger partial charge in [0.25, 0.3) is 11.5 Å². The van der Waals surface area contributed by atoms with E-state index in [-0.39, 0.29) is 18.1 Å². The molecule has 28 heavy (non-hydrogen) atoms. The summed E-state index contributed by atoms with van der Waals surface area (Å²) in [4.78, 5) is 41.3. The summed E-state index contributed by atoms with van der Waals surface area (Å²) in [6, 6.07) is 4.73. The van der Waals surface area contributed by atoms with Crippen molar-refractivity contribution in [2.24, 2.45) is 5.92 Å². The number of aryl methyl sites for hydroxylation is 1. The number of nitrogens with one attached hydrogen (secondary N) is 1. The Labute approximate surface area is 163 Å². The quantitative estimate of drug-likeness (QED) is 0.800. The number of fused-ring (bicyclic) bond motifs is 2. The molecule has 1 aromatic heterocycles. The summed E-state index contributed by atoms with van der Waals surface area (Å²) >= 11 is 0. The summed E-state index contributed by atoms with van der Waals surface area (Å²) in [5.41, 5.74) is 0.719. The van der Waals surface area contributed by atoms with Crippen molar-refractivity contribution in [3.05, 3.63) is 39.9 Å². The number of carbonyl (C=O) groups is 2. The second-order valence-electron chi connectivity index (χ2n) is 7.70. The van der Waals surface area contributed by atoms with Crippen LogP contribution in [-0.2, 0) is 22.5 Å². The number of ether oxygens (including phenoxy) is 1. The van der Waals surface area contributed by atoms with Crippen LogP contribution in [0.1, 0.15) is 54.7 Å². The molecular weight excluding hydrogens is 358 g/mol. The van der Waals surface area contributed by atoms with E-state index in [0.29, 0.717) is 35.5 Å². The summed E-state index contributed by atoms with van der Waals surface area (Å²) in [7, 11) is 0. The van der Waals surface area contributed by atoms with Crippen LogP contribution in [-0.4, -0.2) is 34.6 Å². The van der Waals surface area contributed by atoms with Crippen LogP contribution < -0.4 is 10.9 Å². The Morgan fingerprint density at radius 3 is 2.82 bits per heavy atom. The van der Waals surface area contributed by atoms with Crippen LogP contribution in [0.15, 0.2) is 23.0 Å². The maximum atomic E-state index is 12.5. The van der Waals surface area contributed by atoms with Crippen LogP contribution in [0.25, 0.3) is 10.9 Å². The second kappa shape index (κ2) is 8.12. The van der Waals surface area contributed by atoms with Gasteiger partial charge in [-0.15, -0.1) is 0 Å². The third-order valence-electron chi connectivity index (χ3n) is 5.70. The van der Waals surface area contributed by atoms with Crippen molar-refractivity contribution >= 4 is 22.8 Å². The van der Waals surface area contributed by atoms with Crippen LogP contribution in [0.4, 0.5) is 0 Å². The highest BCUT2D eigenvalue weighted by atomic mass is 16.5. The molecule has 148 valence electrons. The normalized spacial score (nSPS) is 16.7. The molecule has 0 atom stereocenters. The van der Waals surface area contributed by atoms with Gasteiger partial charge in [-0.1, -0.05) is 19.3 Å². The average Bonchev–Trinajstić information content (AvgIpc) is 3.20. The van der Waals surface area contributed by atoms with Gasteiger partial charge in [-0.3, -0.25) is 14.2 Å². The van der Waals surface area contributed by atoms with Gasteiger partial charge in [0.15, 0.2) is 6.61 Å². The van der Waals surface area contributed by atoms with E-state index in [1.807, 2.05) is 0 Å². The lowest BCUT2D eigenvalue weighted by atomic mass is 9.89. The fourth-order valence-electron chi connectivity index (χ4n) is 4.13. The van der Waals surface area contributed by atoms with Gasteiger partial charge < -0.3 is 10.1 Å². The molecule has 2 heterocycles. The van der Waals surface area contributed by atoms with E-state index in [1.54, 1.807) is 22.8 Å². The van der Waals surface area contributed by atoms with Crippen molar-refractivity contribution in [2.75, 3.05) is 13.2 Å². The molecule has 0 radical (unpaired) electrons. The number of carbonyl (C=O) groups excluding carboxylic acids is 2. The van der Waals surface area contributed by atoms with Gasteiger partial charge >= 0.3 is 5.97 Å². The predicted octanol–water partition coefficient (Wildman–Crippen LogP) is 2.20. The first-order chi connectivity index (χ1) is 13.6. The first-order valence-electron chi connectivity index (χ1n) is 10.1. The monoisotopic (exact) mass is 383 g/mol. The molecule has 0 saturated heterocycles. The van der Waals surface area contributed by atoms with Crippen LogP contribution >= 0.6 is 0 Å². The minimum absolute atomic E-state index is 0.0699. The van der Waals surface area contributed by atoms with Crippen molar-refractivity contribution in [2.45, 2.75) is 51.5 Å². The smallest absolute Gasteiger partial charge is 0.338 e. The zero-order chi connectivity index (χ0) is 19.5. The van der Waals surface area contributed by atoms with E-state index in [4.69, 9.17) is 4.74 Å². The first kappa shape index (κ1) is 18.7. The molecule has 0 unspecified atom stereocenters. The van der Waals surface area contributed by atoms with Crippen molar-refractivity contribution in [3.8, 4) is 0 Å². The lowest BCUT2D eigenvalue weighted by molar-refractivity contribution is -0.124. The summed E-state index contributed by atoms with van der Waals surface area (Å²) in [6.07, 6.45) is 7.68. The topological polar surface area (TPSA) is 90.3 Å². The minimum atomic E-state index is -0.586. The Morgan fingerprint density at radius 2 is 2.00 bits per heavy atom. The molecule has 7 heteroatoms. The Bertz CT molecular complexity index is 960. The molecule has 4 rings (SSSR count). The lowest BCUT2D eigenvalue weighted by Crippen LogP contribution is -2.33. The molecule has 7 nitrogen and oxygen atoms in total. The molecule has 1 saturated carbocycles. The molecule has 0 bridgehead atoms. The van der Waals surface area contributed by atoms with Gasteiger partial charge in [-0.25, -0.2) is 9.78 Å². The van der Waals surface area contributed by atoms with Gasteiger partial charge in [-0.2, -0.15) is 0 Å². The molecule has 1 aromatic carbocycles. The van der Waals surface area contributed by atoms with Crippen LogP contribution in [0.5, 0.6) is 0 Å². The SMILES string of the molecule is O=C(COC(=O)c1ccc2c(=O)n3c(nc2c1)CCC3)NCC1CCCCC1. The molecule has 1 amide bonds. The van der Waals surface area contributed by atoms with Gasteiger partial charge in [0.2, 0.25) is 0 Å². The van der Waals surface area contributed by atoms with E-state index < -0.39 is 5.97 Å². The van der Waals surface area contributed by atoms with Gasteiger partial charge in [0, 0.05) is 19.5 Å². The van der Waals surface area contributed by atoms with Crippen molar-refractivity contribution in [1.29, 1.82) is 0 Å². The molecule has 2 aromatic rings. The largest absolute Gasteiger partial charge is 0.452 e. The molecule has 1 aliphatic heterocycles. The van der Waals surface area contributed by atoms with Crippen molar-refractivity contribution < 1.29 is 14.3 Å². The highest BCUT2D eigenvalue weighted by molar-refractivity contribution is 5.95. The number of esters is 1. The van der Waals surface area contributed by atoms with Gasteiger partial charge in [0.1, 0.15) is 5.82 Å². The average molecular weight is 383 g/mol. The predicted molar refractivity (Wildman–Crippen MR) is 104 cm³/mol. The summed E-state index contributed by atoms with van der Waals surface area (Å²) in [5, 5.41) is 3.34. The summed E-state index contributed by atoms with van der Waals surface area (Å²) in [5.74, 6) is 0.414. The molecule has 0 spiro atoms. The first-order valence-corrected chi connectivity index (χ1v) is 10.1. The molecule has 1 N–H and O–H groups in total. The Kier molecular flexibility index (Phi) is 5.41. The van der Waals surface area contributed by atoms with E-state index in [2.05, 4.69) is 10.3 Å². The summed E-state index contributed by atoms with van der Waals surface area (Å²) in [6.45, 7) is 1.03. The minimum Gasteiger partial charge on any atom is -0.452 e. The van der Waals surface area contributed by atoms with E-state index in [1.165, 1.54) is 19.3 Å². The number of amides is 1. The van der Waals surface area contributed by atoms with E-state index in [0.717, 1.165) is 31.5 Å². The van der Waals surface area contributed by atoms with Crippen LogP contribution in [0.2, 0.25) is 0 Å². The number of aromatic nitrogens is 2. The highest BCUT2D eigenvalue weighted by Crippen LogP contribution is 2.22. The Hall–Kier alpha value is -2.70. The fourth-order valence-corrected chi connectivity index (χ4v) is 4.13. The molecule has 2 aliphatic rings. The highest BCUT2D eigenvalue weighted by Gasteiger charge is 2.18. The number of nitrogens with zero attached hydrogens (tertiary/aromatic N) is 2. The molecule has 1 aliphatic carbocycles. The van der Waals surface area contributed by atoms with E-state index in [9.17, 15) is 14.4 Å². The number of benzene rings is 1. The standard InChI is InChI=1S/C21H25N3O4/c25-19(22-12-14-5-2-1-3-6-14)13-28-21(27)15-8-9-16-17(11-15)23-18-7-4-10-24(18)20(16)26/h8-9,11,14H,1-7,10,12-13H2,(H,22,25). The van der Waals surface area contributed by atoms with Gasteiger partial charge in [0.05, 0.1) is 16.5 Å². The van der Waals surface area contributed by atoms with Crippen LogP contribution in [0, 0.1) is 5.92 Å². The molecule has 1 fully saturated rings. The van der Waals surface area contributed by atoms with Crippen LogP contribution in [0.3, 0.4) is 0 Å². The molecular formula is C21H25N3O4. The summed E-state index contributed by atoms with van der Waals surface area (Å²) < 4.78 is 6.83. The Morgan fingerprint density at radius 1 is 1.18 bits per heavy atom. The lowest BCUT2D eigenvalue weighted by Gasteiger charge is -2.21. The fraction of sp³-hybridized carbons (Fsp3) is 0.524. The van der Waals surface area contributed by atoms with E-state index >= 15 is 0 Å². The number of rotatable bonds is 5. The third-order valence-corrected chi connectivity index (χ3v) is 5.70. The maximum Gasteiger partial charge on any atom is 0.338 e. The van der Waals surface area contributed by atoms with Crippen molar-refractivity contribution in [1.82, 2.24) is 14.9 Å². The van der Waals surface area contributed by atoms with Gasteiger partial charge in [-0.05, 0) is 43.4 Å².